The van der Waals surface area contributed by atoms with Crippen molar-refractivity contribution < 1.29 is 13.2 Å². The summed E-state index contributed by atoms with van der Waals surface area (Å²) in [5.41, 5.74) is 6.18. The van der Waals surface area contributed by atoms with Crippen molar-refractivity contribution >= 4 is 15.7 Å². The predicted molar refractivity (Wildman–Crippen MR) is 82.2 cm³/mol. The minimum atomic E-state index is -3.42. The first-order valence-corrected chi connectivity index (χ1v) is 8.35. The molecule has 0 bridgehead atoms. The summed E-state index contributed by atoms with van der Waals surface area (Å²) in [5, 5.41) is 8.79. The zero-order valence-corrected chi connectivity index (χ0v) is 13.1. The molecule has 0 heterocycles. The smallest absolute Gasteiger partial charge is 0.217 e. The summed E-state index contributed by atoms with van der Waals surface area (Å²) in [6.07, 6.45) is 0. The number of benzene rings is 1. The predicted octanol–water partition coefficient (Wildman–Crippen LogP) is 1.46. The molecule has 0 fully saturated rings. The van der Waals surface area contributed by atoms with Gasteiger partial charge in [0.15, 0.2) is 0 Å². The Bertz CT molecular complexity index is 578. The van der Waals surface area contributed by atoms with Gasteiger partial charge in [-0.3, -0.25) is 0 Å². The molecule has 1 unspecified atom stereocenters. The number of nitriles is 1. The molecule has 116 valence electrons. The van der Waals surface area contributed by atoms with E-state index in [0.717, 1.165) is 0 Å². The Balaban J connectivity index is 2.55. The lowest BCUT2D eigenvalue weighted by molar-refractivity contribution is 0.333. The highest BCUT2D eigenvalue weighted by Crippen LogP contribution is 2.13. The van der Waals surface area contributed by atoms with Gasteiger partial charge in [-0.15, -0.1) is 0 Å². The SMILES string of the molecule is CCN(CC(C)C#N)S(=O)(=O)CCOc1ccc(N)cc1. The first-order chi connectivity index (χ1) is 9.89. The van der Waals surface area contributed by atoms with Gasteiger partial charge in [-0.1, -0.05) is 6.92 Å². The summed E-state index contributed by atoms with van der Waals surface area (Å²) in [4.78, 5) is 0. The van der Waals surface area contributed by atoms with E-state index in [0.29, 0.717) is 18.0 Å². The van der Waals surface area contributed by atoms with Crippen molar-refractivity contribution in [1.29, 1.82) is 5.26 Å². The van der Waals surface area contributed by atoms with Gasteiger partial charge in [0.25, 0.3) is 0 Å². The van der Waals surface area contributed by atoms with Crippen molar-refractivity contribution in [1.82, 2.24) is 4.31 Å². The summed E-state index contributed by atoms with van der Waals surface area (Å²) >= 11 is 0. The van der Waals surface area contributed by atoms with Crippen LogP contribution in [0.25, 0.3) is 0 Å². The highest BCUT2D eigenvalue weighted by atomic mass is 32.2. The van der Waals surface area contributed by atoms with Gasteiger partial charge >= 0.3 is 0 Å². The molecule has 0 aliphatic heterocycles. The van der Waals surface area contributed by atoms with Crippen molar-refractivity contribution in [3.8, 4) is 11.8 Å². The number of nitrogen functional groups attached to an aromatic ring is 1. The third-order valence-electron chi connectivity index (χ3n) is 2.93. The molecule has 1 rings (SSSR count). The molecule has 0 saturated carbocycles. The van der Waals surface area contributed by atoms with Crippen LogP contribution in [0, 0.1) is 17.2 Å². The maximum atomic E-state index is 12.2. The summed E-state index contributed by atoms with van der Waals surface area (Å²) < 4.78 is 31.1. The fourth-order valence-corrected chi connectivity index (χ4v) is 3.14. The Morgan fingerprint density at radius 3 is 2.52 bits per heavy atom. The maximum Gasteiger partial charge on any atom is 0.217 e. The van der Waals surface area contributed by atoms with Gasteiger partial charge in [0.05, 0.1) is 17.7 Å². The Kier molecular flexibility index (Phi) is 6.46. The molecule has 6 nitrogen and oxygen atoms in total. The van der Waals surface area contributed by atoms with E-state index in [1.807, 2.05) is 6.07 Å². The second-order valence-electron chi connectivity index (χ2n) is 4.71. The van der Waals surface area contributed by atoms with Crippen LogP contribution in [0.15, 0.2) is 24.3 Å². The normalized spacial score (nSPS) is 12.9. The van der Waals surface area contributed by atoms with Gasteiger partial charge in [0.1, 0.15) is 12.4 Å². The Morgan fingerprint density at radius 2 is 2.00 bits per heavy atom. The lowest BCUT2D eigenvalue weighted by Gasteiger charge is -2.21. The fraction of sp³-hybridized carbons (Fsp3) is 0.500. The van der Waals surface area contributed by atoms with Crippen LogP contribution >= 0.6 is 0 Å². The molecular weight excluding hydrogens is 290 g/mol. The van der Waals surface area contributed by atoms with Crippen LogP contribution in [-0.2, 0) is 10.0 Å². The standard InChI is InChI=1S/C14H21N3O3S/c1-3-17(11-12(2)10-15)21(18,19)9-8-20-14-6-4-13(16)5-7-14/h4-7,12H,3,8-9,11,16H2,1-2H3. The van der Waals surface area contributed by atoms with E-state index in [4.69, 9.17) is 15.7 Å². The summed E-state index contributed by atoms with van der Waals surface area (Å²) in [6, 6.07) is 8.81. The van der Waals surface area contributed by atoms with Crippen LogP contribution in [0.1, 0.15) is 13.8 Å². The molecule has 0 saturated heterocycles. The van der Waals surface area contributed by atoms with Crippen LogP contribution in [0.4, 0.5) is 5.69 Å². The van der Waals surface area contributed by atoms with Gasteiger partial charge < -0.3 is 10.5 Å². The van der Waals surface area contributed by atoms with Gasteiger partial charge in [0.2, 0.25) is 10.0 Å². The molecule has 2 N–H and O–H groups in total. The number of hydrogen-bond acceptors (Lipinski definition) is 5. The second kappa shape index (κ2) is 7.86. The van der Waals surface area contributed by atoms with E-state index in [2.05, 4.69) is 0 Å². The lowest BCUT2D eigenvalue weighted by atomic mass is 10.2. The van der Waals surface area contributed by atoms with Gasteiger partial charge in [-0.2, -0.15) is 5.26 Å². The number of rotatable bonds is 8. The van der Waals surface area contributed by atoms with Crippen molar-refractivity contribution in [2.24, 2.45) is 5.92 Å². The number of hydrogen-bond donors (Lipinski definition) is 1. The van der Waals surface area contributed by atoms with Crippen molar-refractivity contribution in [2.75, 3.05) is 31.2 Å². The van der Waals surface area contributed by atoms with Crippen molar-refractivity contribution in [3.05, 3.63) is 24.3 Å². The minimum absolute atomic E-state index is 0.0592. The topological polar surface area (TPSA) is 96.4 Å². The number of anilines is 1. The molecule has 7 heteroatoms. The van der Waals surface area contributed by atoms with E-state index >= 15 is 0 Å². The second-order valence-corrected chi connectivity index (χ2v) is 6.80. The monoisotopic (exact) mass is 311 g/mol. The number of nitrogens with two attached hydrogens (primary N) is 1. The number of sulfonamides is 1. The van der Waals surface area contributed by atoms with E-state index in [1.54, 1.807) is 38.1 Å². The molecule has 1 aromatic rings. The van der Waals surface area contributed by atoms with Gasteiger partial charge in [-0.25, -0.2) is 12.7 Å². The molecule has 0 aromatic heterocycles. The molecule has 0 amide bonds. The Morgan fingerprint density at radius 1 is 1.38 bits per heavy atom. The quantitative estimate of drug-likeness (QED) is 0.733. The van der Waals surface area contributed by atoms with E-state index in [9.17, 15) is 8.42 Å². The van der Waals surface area contributed by atoms with Crippen molar-refractivity contribution in [2.45, 2.75) is 13.8 Å². The molecular formula is C14H21N3O3S. The third kappa shape index (κ3) is 5.61. The maximum absolute atomic E-state index is 12.2. The largest absolute Gasteiger partial charge is 0.492 e. The molecule has 0 radical (unpaired) electrons. The van der Waals surface area contributed by atoms with Crippen LogP contribution < -0.4 is 10.5 Å². The summed E-state index contributed by atoms with van der Waals surface area (Å²) in [6.45, 7) is 4.06. The zero-order valence-electron chi connectivity index (χ0n) is 12.3. The first-order valence-electron chi connectivity index (χ1n) is 6.74. The third-order valence-corrected chi connectivity index (χ3v) is 4.81. The highest BCUT2D eigenvalue weighted by Gasteiger charge is 2.22. The first kappa shape index (κ1) is 17.3. The van der Waals surface area contributed by atoms with Crippen LogP contribution in [0.3, 0.4) is 0 Å². The van der Waals surface area contributed by atoms with Crippen molar-refractivity contribution in [3.63, 3.8) is 0 Å². The Hall–Kier alpha value is -1.78. The van der Waals surface area contributed by atoms with Gasteiger partial charge in [0, 0.05) is 18.8 Å². The van der Waals surface area contributed by atoms with E-state index < -0.39 is 10.0 Å². The minimum Gasteiger partial charge on any atom is -0.492 e. The molecule has 0 aliphatic rings. The van der Waals surface area contributed by atoms with Crippen LogP contribution in [0.5, 0.6) is 5.75 Å². The van der Waals surface area contributed by atoms with E-state index in [-0.39, 0.29) is 24.8 Å². The fourth-order valence-electron chi connectivity index (χ4n) is 1.74. The molecule has 0 aliphatic carbocycles. The molecule has 1 atom stereocenters. The lowest BCUT2D eigenvalue weighted by Crippen LogP contribution is -2.37. The average molecular weight is 311 g/mol. The van der Waals surface area contributed by atoms with Gasteiger partial charge in [-0.05, 0) is 31.2 Å². The molecule has 0 spiro atoms. The molecule has 21 heavy (non-hydrogen) atoms. The Labute approximate surface area is 126 Å². The van der Waals surface area contributed by atoms with Crippen LogP contribution in [-0.4, -0.2) is 38.2 Å². The zero-order chi connectivity index (χ0) is 15.9. The summed E-state index contributed by atoms with van der Waals surface area (Å²) in [7, 11) is -3.42. The highest BCUT2D eigenvalue weighted by molar-refractivity contribution is 7.89. The molecule has 1 aromatic carbocycles. The number of ether oxygens (including phenoxy) is 1. The number of nitrogens with zero attached hydrogens (tertiary/aromatic N) is 2. The van der Waals surface area contributed by atoms with E-state index in [1.165, 1.54) is 4.31 Å². The average Bonchev–Trinajstić information content (AvgIpc) is 2.46. The summed E-state index contributed by atoms with van der Waals surface area (Å²) in [5.74, 6) is 0.120. The van der Waals surface area contributed by atoms with Crippen LogP contribution in [0.2, 0.25) is 0 Å².